The molecule has 0 spiro atoms. The fourth-order valence-corrected chi connectivity index (χ4v) is 1.77. The van der Waals surface area contributed by atoms with Gasteiger partial charge in [0.25, 0.3) is 0 Å². The molecule has 0 bridgehead atoms. The van der Waals surface area contributed by atoms with E-state index in [0.29, 0.717) is 5.56 Å². The molecule has 0 aromatic carbocycles. The summed E-state index contributed by atoms with van der Waals surface area (Å²) < 4.78 is 13.4. The summed E-state index contributed by atoms with van der Waals surface area (Å²) in [5.41, 5.74) is 0.714. The van der Waals surface area contributed by atoms with Gasteiger partial charge in [-0.15, -0.1) is 0 Å². The smallest absolute Gasteiger partial charge is 0.146 e. The van der Waals surface area contributed by atoms with Gasteiger partial charge in [-0.3, -0.25) is 4.98 Å². The quantitative estimate of drug-likeness (QED) is 0.718. The minimum absolute atomic E-state index is 0.0942. The zero-order valence-electron chi connectivity index (χ0n) is 8.20. The first-order chi connectivity index (χ1) is 6.77. The topological polar surface area (TPSA) is 28.2 Å². The monoisotopic (exact) mass is 195 g/mol. The number of rotatable bonds is 1. The zero-order chi connectivity index (χ0) is 9.97. The largest absolute Gasteiger partial charge is 0.307 e. The molecule has 4 heteroatoms. The van der Waals surface area contributed by atoms with Crippen molar-refractivity contribution in [2.45, 2.75) is 6.04 Å². The Labute approximate surface area is 82.9 Å². The maximum atomic E-state index is 13.4. The molecule has 0 amide bonds. The summed E-state index contributed by atoms with van der Waals surface area (Å²) in [7, 11) is 2.05. The molecule has 14 heavy (non-hydrogen) atoms. The Morgan fingerprint density at radius 2 is 2.50 bits per heavy atom. The number of aromatic nitrogens is 1. The van der Waals surface area contributed by atoms with Gasteiger partial charge in [-0.05, 0) is 13.1 Å². The molecule has 0 radical (unpaired) electrons. The summed E-state index contributed by atoms with van der Waals surface area (Å²) >= 11 is 0. The molecule has 1 aliphatic rings. The Morgan fingerprint density at radius 1 is 1.64 bits per heavy atom. The molecule has 1 aromatic heterocycles. The number of likely N-dealkylation sites (N-methyl/N-ethyl adjacent to an activating group) is 1. The molecule has 76 valence electrons. The van der Waals surface area contributed by atoms with Crippen molar-refractivity contribution >= 4 is 0 Å². The van der Waals surface area contributed by atoms with Crippen molar-refractivity contribution in [1.29, 1.82) is 0 Å². The third-order valence-corrected chi connectivity index (χ3v) is 2.56. The molecular weight excluding hydrogens is 181 g/mol. The zero-order valence-corrected chi connectivity index (χ0v) is 8.20. The summed E-state index contributed by atoms with van der Waals surface area (Å²) in [6, 6.07) is 1.84. The van der Waals surface area contributed by atoms with Crippen LogP contribution in [0.2, 0.25) is 0 Å². The van der Waals surface area contributed by atoms with Crippen molar-refractivity contribution in [3.05, 3.63) is 29.8 Å². The minimum Gasteiger partial charge on any atom is -0.307 e. The number of nitrogens with one attached hydrogen (secondary N) is 1. The van der Waals surface area contributed by atoms with Crippen molar-refractivity contribution in [2.75, 3.05) is 26.7 Å². The second-order valence-corrected chi connectivity index (χ2v) is 3.67. The standard InChI is InChI=1S/C10H14FN3/c1-14-5-4-13-10(7-14)8-2-3-12-6-9(8)11/h2-3,6,10,13H,4-5,7H2,1H3. The van der Waals surface area contributed by atoms with E-state index in [1.54, 1.807) is 12.3 Å². The highest BCUT2D eigenvalue weighted by atomic mass is 19.1. The molecule has 2 rings (SSSR count). The summed E-state index contributed by atoms with van der Waals surface area (Å²) in [5, 5.41) is 3.30. The molecule has 1 aromatic rings. The third-order valence-electron chi connectivity index (χ3n) is 2.56. The third kappa shape index (κ3) is 1.91. The van der Waals surface area contributed by atoms with Crippen molar-refractivity contribution in [3.8, 4) is 0 Å². The fourth-order valence-electron chi connectivity index (χ4n) is 1.77. The number of halogens is 1. The van der Waals surface area contributed by atoms with Gasteiger partial charge in [0.15, 0.2) is 0 Å². The van der Waals surface area contributed by atoms with Crippen LogP contribution in [0.25, 0.3) is 0 Å². The van der Waals surface area contributed by atoms with E-state index in [-0.39, 0.29) is 11.9 Å². The molecule has 3 nitrogen and oxygen atoms in total. The summed E-state index contributed by atoms with van der Waals surface area (Å²) in [5.74, 6) is -0.222. The number of hydrogen-bond donors (Lipinski definition) is 1. The van der Waals surface area contributed by atoms with E-state index in [1.165, 1.54) is 6.20 Å². The molecular formula is C10H14FN3. The van der Waals surface area contributed by atoms with Gasteiger partial charge in [-0.1, -0.05) is 0 Å². The molecule has 2 heterocycles. The van der Waals surface area contributed by atoms with Crippen LogP contribution in [0, 0.1) is 5.82 Å². The van der Waals surface area contributed by atoms with E-state index in [1.807, 2.05) is 7.05 Å². The van der Waals surface area contributed by atoms with Crippen LogP contribution >= 0.6 is 0 Å². The number of pyridine rings is 1. The van der Waals surface area contributed by atoms with Crippen LogP contribution in [0.3, 0.4) is 0 Å². The van der Waals surface area contributed by atoms with Crippen LogP contribution < -0.4 is 5.32 Å². The highest BCUT2D eigenvalue weighted by molar-refractivity contribution is 5.18. The van der Waals surface area contributed by atoms with Crippen molar-refractivity contribution < 1.29 is 4.39 Å². The molecule has 1 unspecified atom stereocenters. The lowest BCUT2D eigenvalue weighted by Crippen LogP contribution is -2.44. The molecule has 1 saturated heterocycles. The van der Waals surface area contributed by atoms with Crippen molar-refractivity contribution in [2.24, 2.45) is 0 Å². The first-order valence-corrected chi connectivity index (χ1v) is 4.78. The van der Waals surface area contributed by atoms with E-state index < -0.39 is 0 Å². The molecule has 1 N–H and O–H groups in total. The first kappa shape index (κ1) is 9.55. The molecule has 1 fully saturated rings. The molecule has 0 aliphatic carbocycles. The predicted molar refractivity (Wildman–Crippen MR) is 52.4 cm³/mol. The predicted octanol–water partition coefficient (Wildman–Crippen LogP) is 0.797. The number of nitrogens with zero attached hydrogens (tertiary/aromatic N) is 2. The van der Waals surface area contributed by atoms with E-state index in [9.17, 15) is 4.39 Å². The fraction of sp³-hybridized carbons (Fsp3) is 0.500. The molecule has 1 aliphatic heterocycles. The summed E-state index contributed by atoms with van der Waals surface area (Å²) in [6.45, 7) is 2.77. The average molecular weight is 195 g/mol. The Kier molecular flexibility index (Phi) is 2.74. The van der Waals surface area contributed by atoms with E-state index in [0.717, 1.165) is 19.6 Å². The van der Waals surface area contributed by atoms with Gasteiger partial charge in [0.2, 0.25) is 0 Å². The van der Waals surface area contributed by atoms with Gasteiger partial charge >= 0.3 is 0 Å². The normalized spacial score (nSPS) is 23.7. The lowest BCUT2D eigenvalue weighted by Gasteiger charge is -2.31. The second kappa shape index (κ2) is 4.02. The Morgan fingerprint density at radius 3 is 3.21 bits per heavy atom. The summed E-state index contributed by atoms with van der Waals surface area (Å²) in [4.78, 5) is 5.94. The van der Waals surface area contributed by atoms with E-state index >= 15 is 0 Å². The highest BCUT2D eigenvalue weighted by Gasteiger charge is 2.20. The Hall–Kier alpha value is -1.00. The number of piperazine rings is 1. The Bertz CT molecular complexity index is 316. The van der Waals surface area contributed by atoms with Crippen LogP contribution in [0.5, 0.6) is 0 Å². The van der Waals surface area contributed by atoms with Crippen LogP contribution in [0.1, 0.15) is 11.6 Å². The van der Waals surface area contributed by atoms with Crippen LogP contribution in [-0.4, -0.2) is 36.6 Å². The van der Waals surface area contributed by atoms with Gasteiger partial charge < -0.3 is 10.2 Å². The first-order valence-electron chi connectivity index (χ1n) is 4.78. The van der Waals surface area contributed by atoms with Crippen LogP contribution in [0.15, 0.2) is 18.5 Å². The highest BCUT2D eigenvalue weighted by Crippen LogP contribution is 2.18. The van der Waals surface area contributed by atoms with E-state index in [4.69, 9.17) is 0 Å². The lowest BCUT2D eigenvalue weighted by atomic mass is 10.1. The SMILES string of the molecule is CN1CCNC(c2ccncc2F)C1. The molecule has 1 atom stereocenters. The maximum absolute atomic E-state index is 13.4. The van der Waals surface area contributed by atoms with Gasteiger partial charge in [0, 0.05) is 37.4 Å². The van der Waals surface area contributed by atoms with Gasteiger partial charge in [-0.25, -0.2) is 4.39 Å². The van der Waals surface area contributed by atoms with Crippen molar-refractivity contribution in [3.63, 3.8) is 0 Å². The maximum Gasteiger partial charge on any atom is 0.146 e. The van der Waals surface area contributed by atoms with E-state index in [2.05, 4.69) is 15.2 Å². The molecule has 0 saturated carbocycles. The summed E-state index contributed by atoms with van der Waals surface area (Å²) in [6.07, 6.45) is 2.90. The van der Waals surface area contributed by atoms with Crippen LogP contribution in [0.4, 0.5) is 4.39 Å². The lowest BCUT2D eigenvalue weighted by molar-refractivity contribution is 0.238. The second-order valence-electron chi connectivity index (χ2n) is 3.67. The average Bonchev–Trinajstić information content (AvgIpc) is 2.18. The van der Waals surface area contributed by atoms with Gasteiger partial charge in [0.1, 0.15) is 5.82 Å². The Balaban J connectivity index is 2.18. The van der Waals surface area contributed by atoms with Gasteiger partial charge in [-0.2, -0.15) is 0 Å². The van der Waals surface area contributed by atoms with Crippen molar-refractivity contribution in [1.82, 2.24) is 15.2 Å². The number of hydrogen-bond acceptors (Lipinski definition) is 3. The van der Waals surface area contributed by atoms with Gasteiger partial charge in [0.05, 0.1) is 6.20 Å². The minimum atomic E-state index is -0.222. The van der Waals surface area contributed by atoms with Crippen LogP contribution in [-0.2, 0) is 0 Å².